The van der Waals surface area contributed by atoms with Crippen molar-refractivity contribution in [2.75, 3.05) is 19.8 Å². The number of hydrogen-bond donors (Lipinski definition) is 3. The SMILES string of the molecule is CC(C)CCNC(=O)NC(=O)COCC(=O)O. The predicted octanol–water partition coefficient (Wildman–Crippen LogP) is -0.0405. The van der Waals surface area contributed by atoms with E-state index in [1.54, 1.807) is 0 Å². The molecule has 0 saturated carbocycles. The molecule has 7 heteroatoms. The van der Waals surface area contributed by atoms with Crippen LogP contribution in [0.5, 0.6) is 0 Å². The number of rotatable bonds is 7. The second kappa shape index (κ2) is 8.51. The number of carboxylic acids is 1. The number of carbonyl (C=O) groups is 3. The number of carboxylic acid groups (broad SMARTS) is 1. The molecule has 0 atom stereocenters. The van der Waals surface area contributed by atoms with Crippen molar-refractivity contribution in [2.45, 2.75) is 20.3 Å². The van der Waals surface area contributed by atoms with Gasteiger partial charge in [-0.05, 0) is 12.3 Å². The Morgan fingerprint density at radius 2 is 1.88 bits per heavy atom. The fourth-order valence-electron chi connectivity index (χ4n) is 0.912. The van der Waals surface area contributed by atoms with Gasteiger partial charge in [0, 0.05) is 6.54 Å². The van der Waals surface area contributed by atoms with Crippen LogP contribution in [0.4, 0.5) is 4.79 Å². The second-order valence-electron chi connectivity index (χ2n) is 3.87. The van der Waals surface area contributed by atoms with Crippen molar-refractivity contribution >= 4 is 17.9 Å². The minimum Gasteiger partial charge on any atom is -0.480 e. The first-order valence-electron chi connectivity index (χ1n) is 5.29. The van der Waals surface area contributed by atoms with Gasteiger partial charge in [-0.1, -0.05) is 13.8 Å². The Hall–Kier alpha value is -1.63. The molecule has 7 nitrogen and oxygen atoms in total. The van der Waals surface area contributed by atoms with Crippen LogP contribution in [-0.2, 0) is 14.3 Å². The van der Waals surface area contributed by atoms with Crippen molar-refractivity contribution in [3.63, 3.8) is 0 Å². The van der Waals surface area contributed by atoms with Crippen molar-refractivity contribution in [2.24, 2.45) is 5.92 Å². The van der Waals surface area contributed by atoms with Crippen molar-refractivity contribution in [3.8, 4) is 0 Å². The molecule has 0 rings (SSSR count). The van der Waals surface area contributed by atoms with E-state index in [-0.39, 0.29) is 0 Å². The highest BCUT2D eigenvalue weighted by Crippen LogP contribution is 1.95. The van der Waals surface area contributed by atoms with Gasteiger partial charge in [-0.3, -0.25) is 10.1 Å². The minimum absolute atomic E-state index is 0.454. The average Bonchev–Trinajstić information content (AvgIpc) is 2.15. The van der Waals surface area contributed by atoms with Gasteiger partial charge < -0.3 is 15.2 Å². The summed E-state index contributed by atoms with van der Waals surface area (Å²) in [6.45, 7) is 3.49. The van der Waals surface area contributed by atoms with Gasteiger partial charge in [-0.25, -0.2) is 9.59 Å². The molecule has 0 aromatic rings. The Bertz CT molecular complexity index is 278. The molecule has 0 aromatic carbocycles. The maximum absolute atomic E-state index is 11.1. The summed E-state index contributed by atoms with van der Waals surface area (Å²) in [4.78, 5) is 32.2. The van der Waals surface area contributed by atoms with Gasteiger partial charge in [0.25, 0.3) is 5.91 Å². The number of urea groups is 1. The van der Waals surface area contributed by atoms with E-state index in [4.69, 9.17) is 5.11 Å². The first kappa shape index (κ1) is 15.4. The van der Waals surface area contributed by atoms with E-state index in [1.165, 1.54) is 0 Å². The lowest BCUT2D eigenvalue weighted by molar-refractivity contribution is -0.143. The number of imide groups is 1. The number of carbonyl (C=O) groups excluding carboxylic acids is 2. The Morgan fingerprint density at radius 3 is 2.41 bits per heavy atom. The molecule has 0 heterocycles. The monoisotopic (exact) mass is 246 g/mol. The highest BCUT2D eigenvalue weighted by atomic mass is 16.5. The summed E-state index contributed by atoms with van der Waals surface area (Å²) in [6.07, 6.45) is 0.817. The highest BCUT2D eigenvalue weighted by Gasteiger charge is 2.08. The van der Waals surface area contributed by atoms with Crippen LogP contribution in [0, 0.1) is 5.92 Å². The van der Waals surface area contributed by atoms with E-state index in [0.29, 0.717) is 12.5 Å². The molecule has 0 spiro atoms. The number of ether oxygens (including phenoxy) is 1. The zero-order valence-electron chi connectivity index (χ0n) is 9.99. The van der Waals surface area contributed by atoms with Crippen molar-refractivity contribution in [3.05, 3.63) is 0 Å². The molecule has 0 aliphatic carbocycles. The van der Waals surface area contributed by atoms with Gasteiger partial charge >= 0.3 is 12.0 Å². The van der Waals surface area contributed by atoms with E-state index < -0.39 is 31.1 Å². The molecule has 0 saturated heterocycles. The smallest absolute Gasteiger partial charge is 0.329 e. The molecule has 0 aliphatic rings. The molecule has 0 unspecified atom stereocenters. The molecule has 0 aromatic heterocycles. The van der Waals surface area contributed by atoms with Gasteiger partial charge in [0.1, 0.15) is 13.2 Å². The Balaban J connectivity index is 3.59. The molecule has 17 heavy (non-hydrogen) atoms. The zero-order chi connectivity index (χ0) is 13.3. The fourth-order valence-corrected chi connectivity index (χ4v) is 0.912. The molecule has 0 radical (unpaired) electrons. The summed E-state index contributed by atoms with van der Waals surface area (Å²) >= 11 is 0. The van der Waals surface area contributed by atoms with Crippen LogP contribution in [0.3, 0.4) is 0 Å². The average molecular weight is 246 g/mol. The summed E-state index contributed by atoms with van der Waals surface area (Å²) in [5.41, 5.74) is 0. The standard InChI is InChI=1S/C10H18N2O5/c1-7(2)3-4-11-10(16)12-8(13)5-17-6-9(14)15/h7H,3-6H2,1-2H3,(H,14,15)(H2,11,12,13,16). The van der Waals surface area contributed by atoms with Gasteiger partial charge in [-0.2, -0.15) is 0 Å². The van der Waals surface area contributed by atoms with Crippen LogP contribution in [0.2, 0.25) is 0 Å². The van der Waals surface area contributed by atoms with E-state index in [2.05, 4.69) is 10.1 Å². The third-order valence-electron chi connectivity index (χ3n) is 1.72. The largest absolute Gasteiger partial charge is 0.480 e. The fraction of sp³-hybridized carbons (Fsp3) is 0.700. The first-order valence-corrected chi connectivity index (χ1v) is 5.29. The van der Waals surface area contributed by atoms with E-state index >= 15 is 0 Å². The van der Waals surface area contributed by atoms with E-state index in [9.17, 15) is 14.4 Å². The van der Waals surface area contributed by atoms with Crippen LogP contribution in [0.25, 0.3) is 0 Å². The van der Waals surface area contributed by atoms with Crippen LogP contribution in [0.15, 0.2) is 0 Å². The second-order valence-corrected chi connectivity index (χ2v) is 3.87. The highest BCUT2D eigenvalue weighted by molar-refractivity contribution is 5.94. The van der Waals surface area contributed by atoms with Crippen molar-refractivity contribution in [1.29, 1.82) is 0 Å². The minimum atomic E-state index is -1.17. The molecular formula is C10H18N2O5. The Morgan fingerprint density at radius 1 is 1.24 bits per heavy atom. The third kappa shape index (κ3) is 10.6. The van der Waals surface area contributed by atoms with Crippen LogP contribution in [0.1, 0.15) is 20.3 Å². The quantitative estimate of drug-likeness (QED) is 0.584. The van der Waals surface area contributed by atoms with Gasteiger partial charge in [0.2, 0.25) is 0 Å². The van der Waals surface area contributed by atoms with E-state index in [0.717, 1.165) is 6.42 Å². The topological polar surface area (TPSA) is 105 Å². The lowest BCUT2D eigenvalue weighted by Gasteiger charge is -2.07. The number of aliphatic carboxylic acids is 1. The Kier molecular flexibility index (Phi) is 7.70. The van der Waals surface area contributed by atoms with Gasteiger partial charge in [0.15, 0.2) is 0 Å². The lowest BCUT2D eigenvalue weighted by atomic mass is 10.1. The van der Waals surface area contributed by atoms with Gasteiger partial charge in [0.05, 0.1) is 0 Å². The molecule has 0 fully saturated rings. The predicted molar refractivity (Wildman–Crippen MR) is 59.5 cm³/mol. The summed E-state index contributed by atoms with van der Waals surface area (Å²) in [6, 6.07) is -0.602. The molecular weight excluding hydrogens is 228 g/mol. The van der Waals surface area contributed by atoms with E-state index in [1.807, 2.05) is 19.2 Å². The molecule has 3 N–H and O–H groups in total. The van der Waals surface area contributed by atoms with Crippen LogP contribution in [-0.4, -0.2) is 42.8 Å². The third-order valence-corrected chi connectivity index (χ3v) is 1.72. The summed E-state index contributed by atoms with van der Waals surface area (Å²) in [5.74, 6) is -1.38. The summed E-state index contributed by atoms with van der Waals surface area (Å²) in [7, 11) is 0. The van der Waals surface area contributed by atoms with Crippen LogP contribution < -0.4 is 10.6 Å². The van der Waals surface area contributed by atoms with Crippen molar-refractivity contribution in [1.82, 2.24) is 10.6 Å². The summed E-state index contributed by atoms with van der Waals surface area (Å²) < 4.78 is 4.51. The normalized spacial score (nSPS) is 10.1. The van der Waals surface area contributed by atoms with Gasteiger partial charge in [-0.15, -0.1) is 0 Å². The first-order chi connectivity index (χ1) is 7.91. The maximum atomic E-state index is 11.1. The summed E-state index contributed by atoms with van der Waals surface area (Å²) in [5, 5.41) is 12.8. The Labute approximate surface area is 99.5 Å². The number of amides is 3. The van der Waals surface area contributed by atoms with Crippen LogP contribution >= 0.6 is 0 Å². The number of hydrogen-bond acceptors (Lipinski definition) is 4. The maximum Gasteiger partial charge on any atom is 0.329 e. The lowest BCUT2D eigenvalue weighted by Crippen LogP contribution is -2.41. The number of nitrogens with one attached hydrogen (secondary N) is 2. The molecule has 3 amide bonds. The molecule has 0 aliphatic heterocycles. The van der Waals surface area contributed by atoms with Crippen molar-refractivity contribution < 1.29 is 24.2 Å². The molecule has 98 valence electrons. The molecule has 0 bridgehead atoms. The zero-order valence-corrected chi connectivity index (χ0v) is 9.99.